The van der Waals surface area contributed by atoms with Gasteiger partial charge in [0.1, 0.15) is 0 Å². The Kier molecular flexibility index (Phi) is 2.36. The molecule has 13 heavy (non-hydrogen) atoms. The predicted molar refractivity (Wildman–Crippen MR) is 56.0 cm³/mol. The molecular formula is C12H17N. The van der Waals surface area contributed by atoms with Crippen LogP contribution in [0.2, 0.25) is 0 Å². The van der Waals surface area contributed by atoms with Gasteiger partial charge in [-0.2, -0.15) is 0 Å². The van der Waals surface area contributed by atoms with Gasteiger partial charge in [-0.3, -0.25) is 0 Å². The Morgan fingerprint density at radius 3 is 2.62 bits per heavy atom. The highest BCUT2D eigenvalue weighted by Crippen LogP contribution is 2.46. The van der Waals surface area contributed by atoms with Gasteiger partial charge in [-0.1, -0.05) is 29.8 Å². The second-order valence-electron chi connectivity index (χ2n) is 4.07. The number of rotatable bonds is 3. The van der Waals surface area contributed by atoms with Gasteiger partial charge in [-0.25, -0.2) is 0 Å². The molecule has 0 saturated heterocycles. The Morgan fingerprint density at radius 1 is 1.31 bits per heavy atom. The van der Waals surface area contributed by atoms with Crippen LogP contribution in [0.1, 0.15) is 23.5 Å². The minimum Gasteiger partial charge on any atom is -0.319 e. The Bertz CT molecular complexity index is 276. The van der Waals surface area contributed by atoms with Crippen LogP contribution in [-0.2, 0) is 0 Å². The summed E-state index contributed by atoms with van der Waals surface area (Å²) in [4.78, 5) is 0. The molecule has 0 radical (unpaired) electrons. The number of benzene rings is 1. The minimum absolute atomic E-state index is 0.827. The molecule has 0 spiro atoms. The molecule has 0 bridgehead atoms. The molecule has 0 unspecified atom stereocenters. The van der Waals surface area contributed by atoms with E-state index < -0.39 is 0 Å². The molecule has 1 aromatic rings. The van der Waals surface area contributed by atoms with Crippen molar-refractivity contribution in [2.75, 3.05) is 13.6 Å². The van der Waals surface area contributed by atoms with Crippen molar-refractivity contribution in [2.45, 2.75) is 19.3 Å². The van der Waals surface area contributed by atoms with E-state index in [1.807, 2.05) is 7.05 Å². The molecule has 0 heterocycles. The van der Waals surface area contributed by atoms with E-state index >= 15 is 0 Å². The summed E-state index contributed by atoms with van der Waals surface area (Å²) in [6.07, 6.45) is 1.36. The average molecular weight is 175 g/mol. The summed E-state index contributed by atoms with van der Waals surface area (Å²) in [6.45, 7) is 3.31. The summed E-state index contributed by atoms with van der Waals surface area (Å²) in [5.41, 5.74) is 2.88. The lowest BCUT2D eigenvalue weighted by atomic mass is 10.1. The van der Waals surface area contributed by atoms with E-state index in [1.54, 1.807) is 0 Å². The normalized spacial score (nSPS) is 26.0. The van der Waals surface area contributed by atoms with Crippen molar-refractivity contribution in [1.29, 1.82) is 0 Å². The highest BCUT2D eigenvalue weighted by molar-refractivity contribution is 5.28. The van der Waals surface area contributed by atoms with Gasteiger partial charge in [0.15, 0.2) is 0 Å². The smallest absolute Gasteiger partial charge is 0.00175 e. The molecule has 0 aromatic heterocycles. The van der Waals surface area contributed by atoms with Crippen molar-refractivity contribution in [3.05, 3.63) is 35.4 Å². The van der Waals surface area contributed by atoms with E-state index in [9.17, 15) is 0 Å². The number of aryl methyl sites for hydroxylation is 1. The van der Waals surface area contributed by atoms with Gasteiger partial charge in [0.2, 0.25) is 0 Å². The summed E-state index contributed by atoms with van der Waals surface area (Å²) in [7, 11) is 2.03. The highest BCUT2D eigenvalue weighted by Gasteiger charge is 2.37. The summed E-state index contributed by atoms with van der Waals surface area (Å²) < 4.78 is 0. The molecule has 1 N–H and O–H groups in total. The number of hydrogen-bond donors (Lipinski definition) is 1. The van der Waals surface area contributed by atoms with Crippen LogP contribution in [0.25, 0.3) is 0 Å². The van der Waals surface area contributed by atoms with Crippen molar-refractivity contribution >= 4 is 0 Å². The minimum atomic E-state index is 0.827. The molecular weight excluding hydrogens is 158 g/mol. The first-order chi connectivity index (χ1) is 6.31. The molecule has 0 aliphatic heterocycles. The zero-order valence-electron chi connectivity index (χ0n) is 8.38. The summed E-state index contributed by atoms with van der Waals surface area (Å²) in [5.74, 6) is 1.71. The van der Waals surface area contributed by atoms with E-state index in [-0.39, 0.29) is 0 Å². The first kappa shape index (κ1) is 8.76. The van der Waals surface area contributed by atoms with Gasteiger partial charge in [-0.05, 0) is 44.3 Å². The molecule has 1 nitrogen and oxygen atoms in total. The highest BCUT2D eigenvalue weighted by atomic mass is 14.8. The van der Waals surface area contributed by atoms with Crippen LogP contribution in [0.15, 0.2) is 24.3 Å². The van der Waals surface area contributed by atoms with Gasteiger partial charge >= 0.3 is 0 Å². The standard InChI is InChI=1S/C12H17N/c1-9-3-5-10(6-4-9)12-7-11(12)8-13-2/h3-6,11-13H,7-8H2,1-2H3/t11-,12-/m1/s1. The van der Waals surface area contributed by atoms with Crippen molar-refractivity contribution < 1.29 is 0 Å². The number of hydrogen-bond acceptors (Lipinski definition) is 1. The fourth-order valence-corrected chi connectivity index (χ4v) is 1.96. The lowest BCUT2D eigenvalue weighted by Crippen LogP contribution is -2.10. The largest absolute Gasteiger partial charge is 0.319 e. The Labute approximate surface area is 80.2 Å². The van der Waals surface area contributed by atoms with Crippen LogP contribution < -0.4 is 5.32 Å². The van der Waals surface area contributed by atoms with Crippen molar-refractivity contribution in [1.82, 2.24) is 5.32 Å². The van der Waals surface area contributed by atoms with Crippen LogP contribution >= 0.6 is 0 Å². The maximum Gasteiger partial charge on any atom is -0.00175 e. The zero-order chi connectivity index (χ0) is 9.26. The van der Waals surface area contributed by atoms with Gasteiger partial charge in [0.05, 0.1) is 0 Å². The molecule has 1 aromatic carbocycles. The van der Waals surface area contributed by atoms with E-state index in [0.717, 1.165) is 11.8 Å². The van der Waals surface area contributed by atoms with Gasteiger partial charge in [-0.15, -0.1) is 0 Å². The van der Waals surface area contributed by atoms with Crippen LogP contribution in [-0.4, -0.2) is 13.6 Å². The van der Waals surface area contributed by atoms with E-state index in [0.29, 0.717) is 0 Å². The molecule has 1 aliphatic rings. The first-order valence-electron chi connectivity index (χ1n) is 5.02. The number of nitrogens with one attached hydrogen (secondary N) is 1. The van der Waals surface area contributed by atoms with Gasteiger partial charge in [0, 0.05) is 0 Å². The lowest BCUT2D eigenvalue weighted by molar-refractivity contribution is 0.698. The topological polar surface area (TPSA) is 12.0 Å². The fourth-order valence-electron chi connectivity index (χ4n) is 1.96. The van der Waals surface area contributed by atoms with Crippen LogP contribution in [0.3, 0.4) is 0 Å². The third-order valence-electron chi connectivity index (χ3n) is 2.89. The fraction of sp³-hybridized carbons (Fsp3) is 0.500. The van der Waals surface area contributed by atoms with Gasteiger partial charge < -0.3 is 5.32 Å². The molecule has 1 aliphatic carbocycles. The molecule has 1 saturated carbocycles. The maximum absolute atomic E-state index is 3.24. The van der Waals surface area contributed by atoms with Crippen LogP contribution in [0.5, 0.6) is 0 Å². The van der Waals surface area contributed by atoms with E-state index in [1.165, 1.54) is 24.1 Å². The van der Waals surface area contributed by atoms with Crippen LogP contribution in [0, 0.1) is 12.8 Å². The van der Waals surface area contributed by atoms with E-state index in [4.69, 9.17) is 0 Å². The second-order valence-corrected chi connectivity index (χ2v) is 4.07. The Morgan fingerprint density at radius 2 is 2.00 bits per heavy atom. The summed E-state index contributed by atoms with van der Waals surface area (Å²) in [5, 5.41) is 3.24. The zero-order valence-corrected chi connectivity index (χ0v) is 8.38. The molecule has 2 atom stereocenters. The molecule has 0 amide bonds. The second kappa shape index (κ2) is 3.51. The lowest BCUT2D eigenvalue weighted by Gasteiger charge is -2.00. The third-order valence-corrected chi connectivity index (χ3v) is 2.89. The summed E-state index contributed by atoms with van der Waals surface area (Å²) in [6, 6.07) is 8.97. The van der Waals surface area contributed by atoms with Gasteiger partial charge in [0.25, 0.3) is 0 Å². The van der Waals surface area contributed by atoms with Crippen molar-refractivity contribution in [2.24, 2.45) is 5.92 Å². The molecule has 2 rings (SSSR count). The predicted octanol–water partition coefficient (Wildman–Crippen LogP) is 2.32. The monoisotopic (exact) mass is 175 g/mol. The van der Waals surface area contributed by atoms with Crippen molar-refractivity contribution in [3.8, 4) is 0 Å². The quantitative estimate of drug-likeness (QED) is 0.743. The first-order valence-corrected chi connectivity index (χ1v) is 5.02. The molecule has 1 fully saturated rings. The Hall–Kier alpha value is -0.820. The SMILES string of the molecule is CNC[C@H]1C[C@@H]1c1ccc(C)cc1. The maximum atomic E-state index is 3.24. The Balaban J connectivity index is 2.00. The summed E-state index contributed by atoms with van der Waals surface area (Å²) >= 11 is 0. The van der Waals surface area contributed by atoms with E-state index in [2.05, 4.69) is 36.5 Å². The van der Waals surface area contributed by atoms with Crippen molar-refractivity contribution in [3.63, 3.8) is 0 Å². The third kappa shape index (κ3) is 1.92. The average Bonchev–Trinajstić information content (AvgIpc) is 2.86. The molecule has 1 heteroatoms. The molecule has 70 valence electrons. The van der Waals surface area contributed by atoms with Crippen LogP contribution in [0.4, 0.5) is 0 Å².